The van der Waals surface area contributed by atoms with Crippen molar-refractivity contribution in [2.75, 3.05) is 33.4 Å². The molecule has 4 rings (SSSR count). The van der Waals surface area contributed by atoms with Gasteiger partial charge < -0.3 is 14.2 Å². The number of aromatic nitrogens is 1. The third-order valence-corrected chi connectivity index (χ3v) is 5.78. The van der Waals surface area contributed by atoms with Gasteiger partial charge in [0.1, 0.15) is 5.75 Å². The van der Waals surface area contributed by atoms with Crippen molar-refractivity contribution >= 4 is 0 Å². The lowest BCUT2D eigenvalue weighted by atomic mass is 9.79. The van der Waals surface area contributed by atoms with E-state index < -0.39 is 0 Å². The third kappa shape index (κ3) is 4.32. The molecule has 144 valence electrons. The van der Waals surface area contributed by atoms with Crippen molar-refractivity contribution < 1.29 is 14.2 Å². The maximum absolute atomic E-state index is 6.18. The van der Waals surface area contributed by atoms with Crippen molar-refractivity contribution in [1.82, 2.24) is 9.88 Å². The molecule has 1 spiro atoms. The Balaban J connectivity index is 1.21. The predicted molar refractivity (Wildman–Crippen MR) is 104 cm³/mol. The van der Waals surface area contributed by atoms with Crippen LogP contribution in [-0.4, -0.2) is 48.9 Å². The van der Waals surface area contributed by atoms with E-state index in [-0.39, 0.29) is 5.60 Å². The quantitative estimate of drug-likeness (QED) is 0.669. The van der Waals surface area contributed by atoms with Crippen LogP contribution >= 0.6 is 0 Å². The maximum Gasteiger partial charge on any atom is 0.118 e. The normalized spacial score (nSPS) is 21.3. The van der Waals surface area contributed by atoms with Crippen molar-refractivity contribution in [2.45, 2.75) is 31.6 Å². The van der Waals surface area contributed by atoms with Crippen LogP contribution in [0.25, 0.3) is 0 Å². The number of pyridine rings is 1. The van der Waals surface area contributed by atoms with E-state index in [0.29, 0.717) is 12.5 Å². The first kappa shape index (κ1) is 18.4. The molecule has 27 heavy (non-hydrogen) atoms. The van der Waals surface area contributed by atoms with Gasteiger partial charge in [0.15, 0.2) is 0 Å². The third-order valence-electron chi connectivity index (χ3n) is 5.78. The number of ether oxygens (including phenoxy) is 3. The van der Waals surface area contributed by atoms with E-state index in [1.807, 2.05) is 36.7 Å². The number of hydrogen-bond donors (Lipinski definition) is 0. The molecule has 0 N–H and O–H groups in total. The van der Waals surface area contributed by atoms with Crippen LogP contribution in [0.1, 0.15) is 24.0 Å². The number of likely N-dealkylation sites (tertiary alicyclic amines) is 1. The summed E-state index contributed by atoms with van der Waals surface area (Å²) in [5, 5.41) is 0. The summed E-state index contributed by atoms with van der Waals surface area (Å²) < 4.78 is 17.3. The van der Waals surface area contributed by atoms with Gasteiger partial charge in [0.2, 0.25) is 0 Å². The summed E-state index contributed by atoms with van der Waals surface area (Å²) in [6.45, 7) is 5.34. The lowest BCUT2D eigenvalue weighted by molar-refractivity contribution is -0.139. The molecule has 0 amide bonds. The zero-order chi connectivity index (χ0) is 18.5. The first-order chi connectivity index (χ1) is 13.3. The van der Waals surface area contributed by atoms with Gasteiger partial charge in [-0.3, -0.25) is 9.88 Å². The van der Waals surface area contributed by atoms with Gasteiger partial charge in [-0.15, -0.1) is 0 Å². The highest BCUT2D eigenvalue weighted by atomic mass is 16.5. The summed E-state index contributed by atoms with van der Waals surface area (Å²) in [4.78, 5) is 6.51. The molecule has 3 heterocycles. The molecule has 0 bridgehead atoms. The number of nitrogens with zero attached hydrogens (tertiary/aromatic N) is 2. The van der Waals surface area contributed by atoms with Gasteiger partial charge >= 0.3 is 0 Å². The Morgan fingerprint density at radius 2 is 1.89 bits per heavy atom. The van der Waals surface area contributed by atoms with Gasteiger partial charge in [-0.05, 0) is 54.2 Å². The minimum absolute atomic E-state index is 0.0481. The van der Waals surface area contributed by atoms with E-state index in [2.05, 4.69) is 22.0 Å². The summed E-state index contributed by atoms with van der Waals surface area (Å²) in [7, 11) is 1.70. The molecule has 2 aliphatic heterocycles. The minimum atomic E-state index is 0.0481. The second-order valence-corrected chi connectivity index (χ2v) is 7.59. The first-order valence-electron chi connectivity index (χ1n) is 9.73. The Labute approximate surface area is 161 Å². The van der Waals surface area contributed by atoms with E-state index in [9.17, 15) is 0 Å². The SMILES string of the molecule is COc1ccc(CN2CC3(C2)OCCC3CCOCc2ccncc2)cc1. The van der Waals surface area contributed by atoms with Crippen LogP contribution < -0.4 is 4.74 Å². The molecule has 2 fully saturated rings. The average molecular weight is 368 g/mol. The summed E-state index contributed by atoms with van der Waals surface area (Å²) in [5.74, 6) is 1.51. The summed E-state index contributed by atoms with van der Waals surface area (Å²) >= 11 is 0. The van der Waals surface area contributed by atoms with E-state index in [1.54, 1.807) is 7.11 Å². The largest absolute Gasteiger partial charge is 0.497 e. The molecule has 0 aliphatic carbocycles. The minimum Gasteiger partial charge on any atom is -0.497 e. The van der Waals surface area contributed by atoms with Gasteiger partial charge in [-0.25, -0.2) is 0 Å². The van der Waals surface area contributed by atoms with E-state index in [4.69, 9.17) is 14.2 Å². The molecule has 1 unspecified atom stereocenters. The van der Waals surface area contributed by atoms with E-state index in [1.165, 1.54) is 11.1 Å². The molecule has 5 heteroatoms. The topological polar surface area (TPSA) is 43.8 Å². The number of benzene rings is 1. The lowest BCUT2D eigenvalue weighted by Crippen LogP contribution is -2.64. The Morgan fingerprint density at radius 1 is 1.11 bits per heavy atom. The van der Waals surface area contributed by atoms with E-state index in [0.717, 1.165) is 51.4 Å². The fourth-order valence-corrected chi connectivity index (χ4v) is 4.25. The van der Waals surface area contributed by atoms with Crippen LogP contribution in [0.4, 0.5) is 0 Å². The maximum atomic E-state index is 6.18. The van der Waals surface area contributed by atoms with Crippen molar-refractivity contribution in [1.29, 1.82) is 0 Å². The summed E-state index contributed by atoms with van der Waals surface area (Å²) in [6, 6.07) is 12.3. The highest BCUT2D eigenvalue weighted by molar-refractivity contribution is 5.27. The van der Waals surface area contributed by atoms with Crippen LogP contribution in [0.5, 0.6) is 5.75 Å². The Bertz CT molecular complexity index is 714. The summed E-state index contributed by atoms with van der Waals surface area (Å²) in [6.07, 6.45) is 5.84. The molecular formula is C22H28N2O3. The van der Waals surface area contributed by atoms with Gasteiger partial charge in [0.25, 0.3) is 0 Å². The Morgan fingerprint density at radius 3 is 2.63 bits per heavy atom. The van der Waals surface area contributed by atoms with E-state index >= 15 is 0 Å². The zero-order valence-electron chi connectivity index (χ0n) is 16.0. The van der Waals surface area contributed by atoms with Gasteiger partial charge in [-0.2, -0.15) is 0 Å². The Hall–Kier alpha value is -1.95. The van der Waals surface area contributed by atoms with Crippen LogP contribution in [0.15, 0.2) is 48.8 Å². The van der Waals surface area contributed by atoms with Gasteiger partial charge in [0, 0.05) is 45.2 Å². The molecule has 0 saturated carbocycles. The number of hydrogen-bond acceptors (Lipinski definition) is 5. The summed E-state index contributed by atoms with van der Waals surface area (Å²) in [5.41, 5.74) is 2.55. The van der Waals surface area contributed by atoms with Crippen molar-refractivity contribution in [3.05, 3.63) is 59.9 Å². The lowest BCUT2D eigenvalue weighted by Gasteiger charge is -2.50. The second kappa shape index (κ2) is 8.38. The monoisotopic (exact) mass is 368 g/mol. The molecule has 2 aromatic rings. The second-order valence-electron chi connectivity index (χ2n) is 7.59. The average Bonchev–Trinajstić information content (AvgIpc) is 3.10. The van der Waals surface area contributed by atoms with Crippen molar-refractivity contribution in [3.8, 4) is 5.75 Å². The molecule has 2 saturated heterocycles. The fourth-order valence-electron chi connectivity index (χ4n) is 4.25. The molecule has 1 atom stereocenters. The molecule has 0 radical (unpaired) electrons. The van der Waals surface area contributed by atoms with Crippen molar-refractivity contribution in [3.63, 3.8) is 0 Å². The first-order valence-corrected chi connectivity index (χ1v) is 9.73. The van der Waals surface area contributed by atoms with Crippen LogP contribution in [-0.2, 0) is 22.6 Å². The standard InChI is InChI=1S/C22H28N2O3/c1-25-21-4-2-18(3-5-21)14-24-16-22(17-24)20(9-13-27-22)8-12-26-15-19-6-10-23-11-7-19/h2-7,10-11,20H,8-9,12-17H2,1H3. The molecule has 1 aromatic heterocycles. The number of methoxy groups -OCH3 is 1. The van der Waals surface area contributed by atoms with Gasteiger partial charge in [-0.1, -0.05) is 12.1 Å². The number of rotatable bonds is 8. The van der Waals surface area contributed by atoms with Crippen molar-refractivity contribution in [2.24, 2.45) is 5.92 Å². The molecule has 1 aromatic carbocycles. The predicted octanol–water partition coefficient (Wildman–Crippen LogP) is 3.29. The Kier molecular flexibility index (Phi) is 5.72. The smallest absolute Gasteiger partial charge is 0.118 e. The van der Waals surface area contributed by atoms with Gasteiger partial charge in [0.05, 0.1) is 19.3 Å². The van der Waals surface area contributed by atoms with Crippen LogP contribution in [0.3, 0.4) is 0 Å². The fraction of sp³-hybridized carbons (Fsp3) is 0.500. The molecule has 5 nitrogen and oxygen atoms in total. The van der Waals surface area contributed by atoms with Crippen LogP contribution in [0, 0.1) is 5.92 Å². The molecular weight excluding hydrogens is 340 g/mol. The van der Waals surface area contributed by atoms with Crippen LogP contribution in [0.2, 0.25) is 0 Å². The molecule has 2 aliphatic rings. The zero-order valence-corrected chi connectivity index (χ0v) is 16.0. The highest BCUT2D eigenvalue weighted by Crippen LogP contribution is 2.42. The highest BCUT2D eigenvalue weighted by Gasteiger charge is 2.52.